The molecule has 0 bridgehead atoms. The van der Waals surface area contributed by atoms with Crippen LogP contribution in [0.1, 0.15) is 13.8 Å². The lowest BCUT2D eigenvalue weighted by Gasteiger charge is -2.17. The van der Waals surface area contributed by atoms with Gasteiger partial charge in [-0.1, -0.05) is 6.92 Å². The Bertz CT molecular complexity index is 127. The van der Waals surface area contributed by atoms with Gasteiger partial charge in [-0.05, 0) is 13.5 Å². The van der Waals surface area contributed by atoms with Gasteiger partial charge in [0.2, 0.25) is 0 Å². The predicted molar refractivity (Wildman–Crippen MR) is 45.8 cm³/mol. The Kier molecular flexibility index (Phi) is 6.70. The van der Waals surface area contributed by atoms with E-state index >= 15 is 0 Å². The van der Waals surface area contributed by atoms with Gasteiger partial charge in [0.05, 0.1) is 19.8 Å². The van der Waals surface area contributed by atoms with Gasteiger partial charge in [0.15, 0.2) is 0 Å². The minimum atomic E-state index is -0.229. The van der Waals surface area contributed by atoms with Gasteiger partial charge in [-0.3, -0.25) is 9.69 Å². The van der Waals surface area contributed by atoms with Crippen molar-refractivity contribution in [2.75, 3.05) is 32.8 Å². The van der Waals surface area contributed by atoms with Crippen LogP contribution in [0, 0.1) is 0 Å². The van der Waals surface area contributed by atoms with Gasteiger partial charge in [0.25, 0.3) is 0 Å². The van der Waals surface area contributed by atoms with E-state index in [9.17, 15) is 4.79 Å². The van der Waals surface area contributed by atoms with E-state index in [4.69, 9.17) is 9.84 Å². The Morgan fingerprint density at radius 2 is 2.17 bits per heavy atom. The topological polar surface area (TPSA) is 49.8 Å². The largest absolute Gasteiger partial charge is 0.465 e. The van der Waals surface area contributed by atoms with E-state index in [0.29, 0.717) is 13.2 Å². The first-order valence-electron chi connectivity index (χ1n) is 4.23. The van der Waals surface area contributed by atoms with E-state index in [1.165, 1.54) is 0 Å². The van der Waals surface area contributed by atoms with Crippen LogP contribution in [0.25, 0.3) is 0 Å². The summed E-state index contributed by atoms with van der Waals surface area (Å²) in [5, 5.41) is 8.62. The third kappa shape index (κ3) is 5.09. The molecule has 0 amide bonds. The molecule has 0 aliphatic carbocycles. The summed E-state index contributed by atoms with van der Waals surface area (Å²) in [5.41, 5.74) is 0. The molecule has 0 aliphatic heterocycles. The molecular formula is C8H17NO3. The normalized spacial score (nSPS) is 10.3. The number of carbonyl (C=O) groups is 1. The average Bonchev–Trinajstić information content (AvgIpc) is 2.04. The Balaban J connectivity index is 3.61. The van der Waals surface area contributed by atoms with Gasteiger partial charge in [-0.2, -0.15) is 0 Å². The second-order valence-electron chi connectivity index (χ2n) is 2.40. The van der Waals surface area contributed by atoms with Crippen molar-refractivity contribution in [1.29, 1.82) is 0 Å². The molecule has 1 N–H and O–H groups in total. The van der Waals surface area contributed by atoms with Crippen molar-refractivity contribution in [3.63, 3.8) is 0 Å². The minimum Gasteiger partial charge on any atom is -0.465 e. The number of aliphatic hydroxyl groups is 1. The maximum atomic E-state index is 10.9. The molecule has 0 rings (SSSR count). The van der Waals surface area contributed by atoms with Gasteiger partial charge in [0.1, 0.15) is 0 Å². The van der Waals surface area contributed by atoms with E-state index < -0.39 is 0 Å². The molecule has 0 saturated heterocycles. The highest BCUT2D eigenvalue weighted by molar-refractivity contribution is 5.71. The third-order valence-corrected chi connectivity index (χ3v) is 1.52. The number of esters is 1. The highest BCUT2D eigenvalue weighted by atomic mass is 16.5. The van der Waals surface area contributed by atoms with Crippen LogP contribution in [0.4, 0.5) is 0 Å². The Labute approximate surface area is 73.1 Å². The standard InChI is InChI=1S/C8H17NO3/c1-3-9(5-6-10)7-8(11)12-4-2/h10H,3-7H2,1-2H3. The predicted octanol–water partition coefficient (Wildman–Crippen LogP) is -0.136. The quantitative estimate of drug-likeness (QED) is 0.571. The molecule has 0 radical (unpaired) electrons. The van der Waals surface area contributed by atoms with Crippen molar-refractivity contribution in [1.82, 2.24) is 4.90 Å². The fourth-order valence-electron chi connectivity index (χ4n) is 0.880. The van der Waals surface area contributed by atoms with Gasteiger partial charge in [0, 0.05) is 6.54 Å². The number of carbonyl (C=O) groups excluding carboxylic acids is 1. The van der Waals surface area contributed by atoms with Crippen LogP contribution in [0.2, 0.25) is 0 Å². The molecule has 0 aliphatic rings. The lowest BCUT2D eigenvalue weighted by molar-refractivity contribution is -0.144. The van der Waals surface area contributed by atoms with Crippen molar-refractivity contribution in [3.8, 4) is 0 Å². The van der Waals surface area contributed by atoms with Crippen LogP contribution >= 0.6 is 0 Å². The molecule has 12 heavy (non-hydrogen) atoms. The second-order valence-corrected chi connectivity index (χ2v) is 2.40. The van der Waals surface area contributed by atoms with Crippen molar-refractivity contribution in [2.45, 2.75) is 13.8 Å². The Morgan fingerprint density at radius 3 is 2.58 bits per heavy atom. The molecule has 0 aromatic rings. The van der Waals surface area contributed by atoms with Crippen LogP contribution in [-0.4, -0.2) is 48.8 Å². The molecule has 0 aromatic heterocycles. The molecule has 0 unspecified atom stereocenters. The first-order chi connectivity index (χ1) is 5.74. The smallest absolute Gasteiger partial charge is 0.320 e. The van der Waals surface area contributed by atoms with Gasteiger partial charge < -0.3 is 9.84 Å². The molecule has 0 fully saturated rings. The van der Waals surface area contributed by atoms with Gasteiger partial charge in [-0.25, -0.2) is 0 Å². The average molecular weight is 175 g/mol. The Morgan fingerprint density at radius 1 is 1.50 bits per heavy atom. The van der Waals surface area contributed by atoms with Crippen molar-refractivity contribution in [2.24, 2.45) is 0 Å². The van der Waals surface area contributed by atoms with Crippen molar-refractivity contribution >= 4 is 5.97 Å². The van der Waals surface area contributed by atoms with Gasteiger partial charge >= 0.3 is 5.97 Å². The molecule has 0 spiro atoms. The molecule has 0 saturated carbocycles. The summed E-state index contributed by atoms with van der Waals surface area (Å²) in [6.45, 7) is 5.75. The number of aliphatic hydroxyl groups excluding tert-OH is 1. The first-order valence-corrected chi connectivity index (χ1v) is 4.23. The second kappa shape index (κ2) is 7.06. The van der Waals surface area contributed by atoms with E-state index in [1.54, 1.807) is 6.92 Å². The lowest BCUT2D eigenvalue weighted by atomic mass is 10.4. The number of likely N-dealkylation sites (N-methyl/N-ethyl adjacent to an activating group) is 1. The summed E-state index contributed by atoms with van der Waals surface area (Å²) in [6.07, 6.45) is 0. The van der Waals surface area contributed by atoms with Crippen LogP contribution in [0.15, 0.2) is 0 Å². The summed E-state index contributed by atoms with van der Waals surface area (Å²) < 4.78 is 4.76. The third-order valence-electron chi connectivity index (χ3n) is 1.52. The maximum absolute atomic E-state index is 10.9. The van der Waals surface area contributed by atoms with Crippen molar-refractivity contribution in [3.05, 3.63) is 0 Å². The lowest BCUT2D eigenvalue weighted by Crippen LogP contribution is -2.33. The van der Waals surface area contributed by atoms with E-state index in [-0.39, 0.29) is 19.1 Å². The maximum Gasteiger partial charge on any atom is 0.320 e. The van der Waals surface area contributed by atoms with E-state index in [1.807, 2.05) is 11.8 Å². The zero-order valence-corrected chi connectivity index (χ0v) is 7.75. The summed E-state index contributed by atoms with van der Waals surface area (Å²) in [4.78, 5) is 12.8. The van der Waals surface area contributed by atoms with Crippen molar-refractivity contribution < 1.29 is 14.6 Å². The summed E-state index contributed by atoms with van der Waals surface area (Å²) >= 11 is 0. The number of rotatable bonds is 6. The minimum absolute atomic E-state index is 0.0766. The van der Waals surface area contributed by atoms with Crippen LogP contribution in [0.3, 0.4) is 0 Å². The van der Waals surface area contributed by atoms with E-state index in [2.05, 4.69) is 0 Å². The Hall–Kier alpha value is -0.610. The molecular weight excluding hydrogens is 158 g/mol. The first kappa shape index (κ1) is 11.4. The number of hydrogen-bond acceptors (Lipinski definition) is 4. The molecule has 0 aromatic carbocycles. The highest BCUT2D eigenvalue weighted by Crippen LogP contribution is 1.88. The fourth-order valence-corrected chi connectivity index (χ4v) is 0.880. The highest BCUT2D eigenvalue weighted by Gasteiger charge is 2.07. The van der Waals surface area contributed by atoms with Crippen LogP contribution in [0.5, 0.6) is 0 Å². The molecule has 72 valence electrons. The fraction of sp³-hybridized carbons (Fsp3) is 0.875. The van der Waals surface area contributed by atoms with Crippen LogP contribution in [-0.2, 0) is 9.53 Å². The molecule has 0 atom stereocenters. The number of hydrogen-bond donors (Lipinski definition) is 1. The molecule has 4 nitrogen and oxygen atoms in total. The monoisotopic (exact) mass is 175 g/mol. The summed E-state index contributed by atoms with van der Waals surface area (Å²) in [7, 11) is 0. The van der Waals surface area contributed by atoms with E-state index in [0.717, 1.165) is 6.54 Å². The zero-order valence-electron chi connectivity index (χ0n) is 7.75. The summed E-state index contributed by atoms with van der Waals surface area (Å²) in [6, 6.07) is 0. The zero-order chi connectivity index (χ0) is 9.40. The summed E-state index contributed by atoms with van der Waals surface area (Å²) in [5.74, 6) is -0.229. The molecule has 4 heteroatoms. The molecule has 0 heterocycles. The van der Waals surface area contributed by atoms with Gasteiger partial charge in [-0.15, -0.1) is 0 Å². The SMILES string of the molecule is CCOC(=O)CN(CC)CCO. The number of nitrogens with zero attached hydrogens (tertiary/aromatic N) is 1. The van der Waals surface area contributed by atoms with Crippen LogP contribution < -0.4 is 0 Å². The number of ether oxygens (including phenoxy) is 1.